The molecular formula is C8H6BO3. The summed E-state index contributed by atoms with van der Waals surface area (Å²) in [5, 5.41) is 9.12. The minimum absolute atomic E-state index is 0.499. The highest BCUT2D eigenvalue weighted by molar-refractivity contribution is 6.45. The van der Waals surface area contributed by atoms with E-state index in [0.717, 1.165) is 18.5 Å². The first-order chi connectivity index (χ1) is 5.90. The van der Waals surface area contributed by atoms with Crippen LogP contribution in [-0.4, -0.2) is 12.7 Å². The van der Waals surface area contributed by atoms with Gasteiger partial charge in [-0.15, -0.1) is 0 Å². The Kier molecular flexibility index (Phi) is 1.85. The van der Waals surface area contributed by atoms with E-state index in [9.17, 15) is 0 Å². The van der Waals surface area contributed by atoms with Crippen molar-refractivity contribution in [2.24, 2.45) is 0 Å². The minimum atomic E-state index is 0.499. The summed E-state index contributed by atoms with van der Waals surface area (Å²) in [5.41, 5.74) is 1.28. The lowest BCUT2D eigenvalue weighted by Crippen LogP contribution is -2.12. The van der Waals surface area contributed by atoms with Gasteiger partial charge in [0.2, 0.25) is 0 Å². The monoisotopic (exact) mass is 161 g/mol. The summed E-state index contributed by atoms with van der Waals surface area (Å²) < 4.78 is 5.27. The molecule has 1 aromatic heterocycles. The summed E-state index contributed by atoms with van der Waals surface area (Å²) in [6.45, 7) is 0. The number of para-hydroxylation sites is 1. The maximum atomic E-state index is 8.13. The van der Waals surface area contributed by atoms with E-state index in [4.69, 9.17) is 9.67 Å². The first-order valence-electron chi connectivity index (χ1n) is 3.52. The second-order valence-corrected chi connectivity index (χ2v) is 2.41. The third-order valence-electron chi connectivity index (χ3n) is 1.61. The van der Waals surface area contributed by atoms with Crippen molar-refractivity contribution in [2.75, 3.05) is 0 Å². The lowest BCUT2D eigenvalue weighted by atomic mass is 9.98. The molecule has 0 unspecified atom stereocenters. The maximum absolute atomic E-state index is 8.13. The van der Waals surface area contributed by atoms with Gasteiger partial charge in [-0.05, 0) is 12.1 Å². The standard InChI is InChI=1S/C8H6BO3/c10-12-9-8-5-6-3-1-2-4-7(6)11-8/h1-5,10H. The van der Waals surface area contributed by atoms with Crippen molar-refractivity contribution in [2.45, 2.75) is 0 Å². The Balaban J connectivity index is 2.47. The zero-order valence-electron chi connectivity index (χ0n) is 6.23. The van der Waals surface area contributed by atoms with Gasteiger partial charge in [-0.25, -0.2) is 0 Å². The number of benzene rings is 1. The molecule has 0 amide bonds. The van der Waals surface area contributed by atoms with Gasteiger partial charge in [0.15, 0.2) is 0 Å². The average molecular weight is 161 g/mol. The molecule has 3 nitrogen and oxygen atoms in total. The largest absolute Gasteiger partial charge is 0.468 e. The van der Waals surface area contributed by atoms with Crippen LogP contribution in [-0.2, 0) is 4.81 Å². The molecule has 2 aromatic rings. The first-order valence-corrected chi connectivity index (χ1v) is 3.52. The second kappa shape index (κ2) is 3.01. The Labute approximate surface area is 69.8 Å². The molecule has 0 bridgehead atoms. The average Bonchev–Trinajstić information content (AvgIpc) is 2.47. The molecule has 2 rings (SSSR count). The van der Waals surface area contributed by atoms with Crippen LogP contribution >= 0.6 is 0 Å². The van der Waals surface area contributed by atoms with E-state index in [1.165, 1.54) is 0 Å². The van der Waals surface area contributed by atoms with E-state index in [-0.39, 0.29) is 0 Å². The first kappa shape index (κ1) is 7.40. The van der Waals surface area contributed by atoms with E-state index < -0.39 is 0 Å². The Morgan fingerprint density at radius 1 is 1.33 bits per heavy atom. The predicted molar refractivity (Wildman–Crippen MR) is 45.3 cm³/mol. The summed E-state index contributed by atoms with van der Waals surface area (Å²) in [7, 11) is 1.14. The van der Waals surface area contributed by atoms with Crippen LogP contribution in [0.15, 0.2) is 34.7 Å². The molecular weight excluding hydrogens is 155 g/mol. The summed E-state index contributed by atoms with van der Waals surface area (Å²) in [6.07, 6.45) is 0. The highest BCUT2D eigenvalue weighted by atomic mass is 17.1. The van der Waals surface area contributed by atoms with E-state index in [2.05, 4.69) is 4.81 Å². The zero-order chi connectivity index (χ0) is 8.39. The third kappa shape index (κ3) is 1.22. The fraction of sp³-hybridized carbons (Fsp3) is 0. The molecule has 0 spiro atoms. The van der Waals surface area contributed by atoms with E-state index in [1.54, 1.807) is 6.07 Å². The van der Waals surface area contributed by atoms with Gasteiger partial charge in [-0.1, -0.05) is 18.2 Å². The van der Waals surface area contributed by atoms with Crippen molar-refractivity contribution >= 4 is 24.1 Å². The minimum Gasteiger partial charge on any atom is -0.468 e. The Morgan fingerprint density at radius 2 is 2.17 bits per heavy atom. The lowest BCUT2D eigenvalue weighted by molar-refractivity contribution is -0.136. The number of fused-ring (bicyclic) bond motifs is 1. The van der Waals surface area contributed by atoms with E-state index >= 15 is 0 Å². The molecule has 12 heavy (non-hydrogen) atoms. The van der Waals surface area contributed by atoms with Crippen LogP contribution in [0.4, 0.5) is 0 Å². The van der Waals surface area contributed by atoms with Crippen molar-refractivity contribution in [1.82, 2.24) is 0 Å². The van der Waals surface area contributed by atoms with Crippen molar-refractivity contribution in [3.63, 3.8) is 0 Å². The molecule has 1 radical (unpaired) electrons. The third-order valence-corrected chi connectivity index (χ3v) is 1.61. The zero-order valence-corrected chi connectivity index (χ0v) is 6.23. The predicted octanol–water partition coefficient (Wildman–Crippen LogP) is 1.17. The van der Waals surface area contributed by atoms with E-state index in [1.807, 2.05) is 24.3 Å². The van der Waals surface area contributed by atoms with Crippen LogP contribution < -0.4 is 5.66 Å². The molecule has 0 fully saturated rings. The van der Waals surface area contributed by atoms with Crippen molar-refractivity contribution < 1.29 is 14.5 Å². The van der Waals surface area contributed by atoms with Gasteiger partial charge >= 0.3 is 7.48 Å². The smallest absolute Gasteiger partial charge is 0.424 e. The number of rotatable bonds is 2. The fourth-order valence-electron chi connectivity index (χ4n) is 1.11. The molecule has 0 aliphatic rings. The summed E-state index contributed by atoms with van der Waals surface area (Å²) >= 11 is 0. The summed E-state index contributed by atoms with van der Waals surface area (Å²) in [6, 6.07) is 9.36. The quantitative estimate of drug-likeness (QED) is 0.408. The Bertz CT molecular complexity index is 349. The number of hydrogen-bond donors (Lipinski definition) is 1. The van der Waals surface area contributed by atoms with Crippen molar-refractivity contribution in [3.05, 3.63) is 30.3 Å². The highest BCUT2D eigenvalue weighted by Crippen LogP contribution is 2.11. The van der Waals surface area contributed by atoms with Crippen LogP contribution in [0, 0.1) is 0 Å². The van der Waals surface area contributed by atoms with Gasteiger partial charge in [0.25, 0.3) is 0 Å². The number of furan rings is 1. The molecule has 0 saturated carbocycles. The maximum Gasteiger partial charge on any atom is 0.424 e. The van der Waals surface area contributed by atoms with Crippen LogP contribution in [0.5, 0.6) is 0 Å². The summed E-state index contributed by atoms with van der Waals surface area (Å²) in [5.74, 6) is 0. The van der Waals surface area contributed by atoms with Crippen LogP contribution in [0.25, 0.3) is 11.0 Å². The molecule has 1 aromatic carbocycles. The van der Waals surface area contributed by atoms with Crippen LogP contribution in [0.1, 0.15) is 0 Å². The van der Waals surface area contributed by atoms with Gasteiger partial charge < -0.3 is 9.22 Å². The molecule has 0 saturated heterocycles. The van der Waals surface area contributed by atoms with Gasteiger partial charge in [-0.2, -0.15) is 0 Å². The normalized spacial score (nSPS) is 10.4. The highest BCUT2D eigenvalue weighted by Gasteiger charge is 2.04. The Morgan fingerprint density at radius 3 is 2.92 bits per heavy atom. The molecule has 0 aliphatic heterocycles. The van der Waals surface area contributed by atoms with Gasteiger partial charge in [0.1, 0.15) is 5.58 Å². The molecule has 0 aliphatic carbocycles. The molecule has 1 N–H and O–H groups in total. The second-order valence-electron chi connectivity index (χ2n) is 2.41. The van der Waals surface area contributed by atoms with Crippen molar-refractivity contribution in [1.29, 1.82) is 0 Å². The van der Waals surface area contributed by atoms with Gasteiger partial charge in [0.05, 0.1) is 5.66 Å². The van der Waals surface area contributed by atoms with Gasteiger partial charge in [0, 0.05) is 5.39 Å². The fourth-order valence-corrected chi connectivity index (χ4v) is 1.11. The Hall–Kier alpha value is -1.26. The summed E-state index contributed by atoms with van der Waals surface area (Å²) in [4.78, 5) is 3.84. The van der Waals surface area contributed by atoms with Gasteiger partial charge in [-0.3, -0.25) is 5.26 Å². The lowest BCUT2D eigenvalue weighted by Gasteiger charge is -1.85. The van der Waals surface area contributed by atoms with Crippen LogP contribution in [0.2, 0.25) is 0 Å². The van der Waals surface area contributed by atoms with Crippen molar-refractivity contribution in [3.8, 4) is 0 Å². The molecule has 59 valence electrons. The van der Waals surface area contributed by atoms with E-state index in [0.29, 0.717) is 5.66 Å². The molecule has 1 heterocycles. The number of hydrogen-bond acceptors (Lipinski definition) is 3. The van der Waals surface area contributed by atoms with Crippen LogP contribution in [0.3, 0.4) is 0 Å². The SMILES string of the molecule is OO[B]c1cc2ccccc2o1. The molecule has 4 heteroatoms. The molecule has 0 atom stereocenters. The topological polar surface area (TPSA) is 42.6 Å².